The Morgan fingerprint density at radius 2 is 1.21 bits per heavy atom. The van der Waals surface area contributed by atoms with Gasteiger partial charge in [-0.1, -0.05) is 6.58 Å². The van der Waals surface area contributed by atoms with Crippen LogP contribution in [0.3, 0.4) is 0 Å². The van der Waals surface area contributed by atoms with Gasteiger partial charge in [-0.3, -0.25) is 0 Å². The highest BCUT2D eigenvalue weighted by Gasteiger charge is 2.90. The van der Waals surface area contributed by atoms with Crippen molar-refractivity contribution in [2.45, 2.75) is 42.6 Å². The van der Waals surface area contributed by atoms with Crippen LogP contribution in [0.1, 0.15) is 6.92 Å². The summed E-state index contributed by atoms with van der Waals surface area (Å²) in [5.74, 6) is -9.52. The van der Waals surface area contributed by atoms with E-state index in [0.29, 0.717) is 0 Å². The van der Waals surface area contributed by atoms with Crippen LogP contribution in [0, 0.1) is 0 Å². The number of carbonyl (C=O) groups is 1. The number of hydrogen-bond acceptors (Lipinski definition) is 3. The van der Waals surface area contributed by atoms with Crippen LogP contribution in [0.25, 0.3) is 0 Å². The number of carbonyl (C=O) groups excluding carboxylic acids is 1. The zero-order valence-corrected chi connectivity index (χ0v) is 11.2. The number of aliphatic hydroxyl groups is 1. The molecule has 3 nitrogen and oxygen atoms in total. The molecule has 0 aromatic rings. The van der Waals surface area contributed by atoms with Crippen molar-refractivity contribution in [3.05, 3.63) is 12.7 Å². The third-order valence-electron chi connectivity index (χ3n) is 2.89. The summed E-state index contributed by atoms with van der Waals surface area (Å²) in [7, 11) is 0. The molecule has 0 saturated heterocycles. The van der Waals surface area contributed by atoms with Gasteiger partial charge in [-0.05, 0) is 6.92 Å². The van der Waals surface area contributed by atoms with Crippen LogP contribution < -0.4 is 0 Å². The van der Waals surface area contributed by atoms with E-state index in [1.807, 2.05) is 0 Å². The molecule has 24 heavy (non-hydrogen) atoms. The Morgan fingerprint density at radius 3 is 1.42 bits per heavy atom. The van der Waals surface area contributed by atoms with E-state index in [9.17, 15) is 53.1 Å². The van der Waals surface area contributed by atoms with E-state index < -0.39 is 48.5 Å². The highest BCUT2D eigenvalue weighted by molar-refractivity contribution is 5.81. The van der Waals surface area contributed by atoms with Crippen molar-refractivity contribution in [2.24, 2.45) is 0 Å². The standard InChI is InChI=1S/C10H7F11O3/c1-3-4(22)24-5(2,8(13,14)15)7(11,12)6(23,9(16,17)18)10(19,20)21/h3,23H,1H2,2H3. The summed E-state index contributed by atoms with van der Waals surface area (Å²) in [4.78, 5) is 10.7. The number of esters is 1. The van der Waals surface area contributed by atoms with Gasteiger partial charge in [0, 0.05) is 6.08 Å². The molecule has 0 rings (SSSR count). The molecular weight excluding hydrogens is 377 g/mol. The third kappa shape index (κ3) is 3.02. The smallest absolute Gasteiger partial charge is 0.434 e. The summed E-state index contributed by atoms with van der Waals surface area (Å²) in [6.07, 6.45) is -21.5. The van der Waals surface area contributed by atoms with Crippen LogP contribution in [0.5, 0.6) is 0 Å². The Morgan fingerprint density at radius 1 is 0.875 bits per heavy atom. The number of ether oxygens (including phenoxy) is 1. The topological polar surface area (TPSA) is 46.5 Å². The molecule has 0 aromatic heterocycles. The van der Waals surface area contributed by atoms with Gasteiger partial charge in [0.05, 0.1) is 0 Å². The second-order valence-electron chi connectivity index (χ2n) is 4.44. The average molecular weight is 384 g/mol. The Bertz CT molecular complexity index is 488. The predicted octanol–water partition coefficient (Wildman–Crippen LogP) is 3.53. The Balaban J connectivity index is 6.76. The van der Waals surface area contributed by atoms with Crippen LogP contribution in [-0.2, 0) is 9.53 Å². The van der Waals surface area contributed by atoms with Gasteiger partial charge in [0.2, 0.25) is 0 Å². The van der Waals surface area contributed by atoms with E-state index in [0.717, 1.165) is 0 Å². The first-order chi connectivity index (χ1) is 10.2. The molecule has 0 spiro atoms. The summed E-state index contributed by atoms with van der Waals surface area (Å²) >= 11 is 0. The third-order valence-corrected chi connectivity index (χ3v) is 2.89. The lowest BCUT2D eigenvalue weighted by atomic mass is 9.81. The zero-order valence-electron chi connectivity index (χ0n) is 11.2. The van der Waals surface area contributed by atoms with E-state index in [4.69, 9.17) is 5.11 Å². The van der Waals surface area contributed by atoms with Crippen LogP contribution in [0.15, 0.2) is 12.7 Å². The summed E-state index contributed by atoms with van der Waals surface area (Å²) in [5.41, 5.74) is -12.9. The molecule has 0 amide bonds. The van der Waals surface area contributed by atoms with Crippen molar-refractivity contribution in [3.63, 3.8) is 0 Å². The molecule has 14 heteroatoms. The molecule has 0 aromatic carbocycles. The fraction of sp³-hybridized carbons (Fsp3) is 0.700. The zero-order chi connectivity index (χ0) is 20.0. The molecule has 0 heterocycles. The van der Waals surface area contributed by atoms with Crippen molar-refractivity contribution in [3.8, 4) is 0 Å². The van der Waals surface area contributed by atoms with Gasteiger partial charge in [-0.25, -0.2) is 4.79 Å². The molecule has 0 aliphatic heterocycles. The molecule has 0 fully saturated rings. The van der Waals surface area contributed by atoms with Gasteiger partial charge < -0.3 is 9.84 Å². The van der Waals surface area contributed by atoms with Gasteiger partial charge in [0.15, 0.2) is 0 Å². The number of hydrogen-bond donors (Lipinski definition) is 1. The number of halogens is 11. The predicted molar refractivity (Wildman–Crippen MR) is 52.8 cm³/mol. The lowest BCUT2D eigenvalue weighted by molar-refractivity contribution is -0.461. The molecule has 0 aliphatic carbocycles. The maximum absolute atomic E-state index is 13.8. The molecule has 0 aliphatic rings. The van der Waals surface area contributed by atoms with Crippen molar-refractivity contribution < 1.29 is 62.9 Å². The maximum Gasteiger partial charge on any atom is 0.434 e. The summed E-state index contributed by atoms with van der Waals surface area (Å²) in [5, 5.41) is 8.58. The highest BCUT2D eigenvalue weighted by Crippen LogP contribution is 2.59. The van der Waals surface area contributed by atoms with Crippen molar-refractivity contribution in [1.29, 1.82) is 0 Å². The van der Waals surface area contributed by atoms with Gasteiger partial charge in [-0.2, -0.15) is 48.3 Å². The monoisotopic (exact) mass is 384 g/mol. The quantitative estimate of drug-likeness (QED) is 0.459. The minimum absolute atomic E-state index is 0.208. The second-order valence-corrected chi connectivity index (χ2v) is 4.44. The molecule has 1 unspecified atom stereocenters. The number of rotatable bonds is 4. The molecule has 142 valence electrons. The van der Waals surface area contributed by atoms with E-state index in [1.54, 1.807) is 0 Å². The van der Waals surface area contributed by atoms with E-state index in [1.165, 1.54) is 0 Å². The molecule has 0 radical (unpaired) electrons. The van der Waals surface area contributed by atoms with E-state index in [-0.39, 0.29) is 6.08 Å². The lowest BCUT2D eigenvalue weighted by Gasteiger charge is -2.46. The SMILES string of the molecule is C=CC(=O)OC(C)(C(F)(F)F)C(F)(F)C(O)(C(F)(F)F)C(F)(F)F. The van der Waals surface area contributed by atoms with Crippen LogP contribution in [-0.4, -0.2) is 46.7 Å². The minimum Gasteiger partial charge on any atom is -0.440 e. The average Bonchev–Trinajstić information content (AvgIpc) is 2.32. The van der Waals surface area contributed by atoms with Crippen LogP contribution >= 0.6 is 0 Å². The van der Waals surface area contributed by atoms with E-state index in [2.05, 4.69) is 11.3 Å². The molecule has 1 N–H and O–H groups in total. The first-order valence-electron chi connectivity index (χ1n) is 5.36. The van der Waals surface area contributed by atoms with E-state index >= 15 is 0 Å². The highest BCUT2D eigenvalue weighted by atomic mass is 19.4. The van der Waals surface area contributed by atoms with Gasteiger partial charge in [0.1, 0.15) is 0 Å². The Labute approximate surface area is 125 Å². The summed E-state index contributed by atoms with van der Waals surface area (Å²) in [6.45, 7) is 1.53. The molecular formula is C10H7F11O3. The Hall–Kier alpha value is -1.60. The van der Waals surface area contributed by atoms with Gasteiger partial charge >= 0.3 is 36.0 Å². The molecule has 1 atom stereocenters. The first-order valence-corrected chi connectivity index (χ1v) is 5.36. The largest absolute Gasteiger partial charge is 0.440 e. The first kappa shape index (κ1) is 22.4. The van der Waals surface area contributed by atoms with Crippen molar-refractivity contribution >= 4 is 5.97 Å². The normalized spacial score (nSPS) is 17.2. The number of alkyl halides is 11. The van der Waals surface area contributed by atoms with Crippen LogP contribution in [0.2, 0.25) is 0 Å². The van der Waals surface area contributed by atoms with Gasteiger partial charge in [-0.15, -0.1) is 0 Å². The van der Waals surface area contributed by atoms with Gasteiger partial charge in [0.25, 0.3) is 5.60 Å². The summed E-state index contributed by atoms with van der Waals surface area (Å²) < 4.78 is 144. The molecule has 0 saturated carbocycles. The lowest BCUT2D eigenvalue weighted by Crippen LogP contribution is -2.77. The van der Waals surface area contributed by atoms with Crippen molar-refractivity contribution in [1.82, 2.24) is 0 Å². The maximum atomic E-state index is 13.8. The van der Waals surface area contributed by atoms with Crippen LogP contribution in [0.4, 0.5) is 48.3 Å². The molecule has 0 bridgehead atoms. The minimum atomic E-state index is -7.30. The Kier molecular flexibility index (Phi) is 5.35. The fourth-order valence-corrected chi connectivity index (χ4v) is 1.40. The summed E-state index contributed by atoms with van der Waals surface area (Å²) in [6, 6.07) is 0. The second kappa shape index (κ2) is 5.74. The van der Waals surface area contributed by atoms with Crippen molar-refractivity contribution in [2.75, 3.05) is 0 Å². The fourth-order valence-electron chi connectivity index (χ4n) is 1.40.